The number of ether oxygens (including phenoxy) is 3. The minimum Gasteiger partial charge on any atom is -0.486 e. The van der Waals surface area contributed by atoms with Crippen LogP contribution in [-0.4, -0.2) is 32.3 Å². The van der Waals surface area contributed by atoms with Crippen molar-refractivity contribution in [3.05, 3.63) is 65.2 Å². The van der Waals surface area contributed by atoms with E-state index in [0.717, 1.165) is 16.3 Å². The van der Waals surface area contributed by atoms with E-state index in [2.05, 4.69) is 5.32 Å². The van der Waals surface area contributed by atoms with Gasteiger partial charge in [0.2, 0.25) is 0 Å². The van der Waals surface area contributed by atoms with E-state index < -0.39 is 0 Å². The van der Waals surface area contributed by atoms with Crippen LogP contribution in [0.4, 0.5) is 0 Å². The van der Waals surface area contributed by atoms with Crippen LogP contribution in [0, 0.1) is 0 Å². The van der Waals surface area contributed by atoms with Crippen molar-refractivity contribution in [1.82, 2.24) is 5.32 Å². The number of fused-ring (bicyclic) bond motifs is 2. The summed E-state index contributed by atoms with van der Waals surface area (Å²) in [6, 6.07) is 17.5. The molecule has 4 rings (SSSR count). The molecule has 3 aromatic carbocycles. The molecular weight excluding hydrogens is 378 g/mol. The zero-order valence-corrected chi connectivity index (χ0v) is 16.0. The second kappa shape index (κ2) is 8.40. The molecule has 0 radical (unpaired) electrons. The quantitative estimate of drug-likeness (QED) is 0.683. The number of hydrogen-bond acceptors (Lipinski definition) is 4. The summed E-state index contributed by atoms with van der Waals surface area (Å²) in [6.45, 7) is 1.46. The third-order valence-electron chi connectivity index (χ3n) is 4.48. The molecule has 5 nitrogen and oxygen atoms in total. The molecule has 1 heterocycles. The summed E-state index contributed by atoms with van der Waals surface area (Å²) in [4.78, 5) is 12.1. The van der Waals surface area contributed by atoms with Gasteiger partial charge in [-0.2, -0.15) is 0 Å². The average Bonchev–Trinajstić information content (AvgIpc) is 2.72. The lowest BCUT2D eigenvalue weighted by Crippen LogP contribution is -2.30. The Kier molecular flexibility index (Phi) is 5.53. The number of hydrogen-bond donors (Lipinski definition) is 1. The van der Waals surface area contributed by atoms with Gasteiger partial charge in [-0.3, -0.25) is 4.79 Å². The molecule has 0 atom stereocenters. The minimum absolute atomic E-state index is 0.0275. The van der Waals surface area contributed by atoms with Gasteiger partial charge in [-0.1, -0.05) is 41.9 Å². The number of rotatable bonds is 6. The molecule has 6 heteroatoms. The molecular formula is C22H20ClNO4. The molecule has 0 saturated carbocycles. The third-order valence-corrected chi connectivity index (χ3v) is 4.76. The SMILES string of the molecule is O=C(COc1ccc2ccccc2c1)NCCc1cc(Cl)c2c(c1)OCCO2. The van der Waals surface area contributed by atoms with Crippen molar-refractivity contribution in [1.29, 1.82) is 0 Å². The number of carbonyl (C=O) groups is 1. The molecule has 0 aliphatic carbocycles. The van der Waals surface area contributed by atoms with E-state index >= 15 is 0 Å². The van der Waals surface area contributed by atoms with Crippen LogP contribution in [0.3, 0.4) is 0 Å². The molecule has 1 amide bonds. The average molecular weight is 398 g/mol. The monoisotopic (exact) mass is 397 g/mol. The summed E-state index contributed by atoms with van der Waals surface area (Å²) in [6.07, 6.45) is 0.637. The molecule has 0 fully saturated rings. The predicted molar refractivity (Wildman–Crippen MR) is 109 cm³/mol. The van der Waals surface area contributed by atoms with E-state index in [4.69, 9.17) is 25.8 Å². The zero-order chi connectivity index (χ0) is 19.3. The third kappa shape index (κ3) is 4.31. The maximum atomic E-state index is 12.1. The fourth-order valence-electron chi connectivity index (χ4n) is 3.11. The molecule has 3 aromatic rings. The maximum absolute atomic E-state index is 12.1. The molecule has 0 spiro atoms. The van der Waals surface area contributed by atoms with E-state index in [-0.39, 0.29) is 12.5 Å². The number of benzene rings is 3. The van der Waals surface area contributed by atoms with Gasteiger partial charge in [-0.05, 0) is 47.0 Å². The lowest BCUT2D eigenvalue weighted by atomic mass is 10.1. The van der Waals surface area contributed by atoms with Crippen LogP contribution in [0.1, 0.15) is 5.56 Å². The number of amides is 1. The first-order valence-corrected chi connectivity index (χ1v) is 9.53. The van der Waals surface area contributed by atoms with E-state index in [0.29, 0.717) is 48.5 Å². The summed E-state index contributed by atoms with van der Waals surface area (Å²) in [5.41, 5.74) is 0.977. The van der Waals surface area contributed by atoms with Crippen molar-refractivity contribution in [2.24, 2.45) is 0 Å². The molecule has 0 bridgehead atoms. The molecule has 28 heavy (non-hydrogen) atoms. The Morgan fingerprint density at radius 1 is 1.04 bits per heavy atom. The summed E-state index contributed by atoms with van der Waals surface area (Å²) < 4.78 is 16.7. The second-order valence-electron chi connectivity index (χ2n) is 6.50. The Hall–Kier alpha value is -2.92. The first kappa shape index (κ1) is 18.4. The standard InChI is InChI=1S/C22H20ClNO4/c23-19-11-15(12-20-22(19)27-10-9-26-20)7-8-24-21(25)14-28-18-6-5-16-3-1-2-4-17(16)13-18/h1-6,11-13H,7-10,14H2,(H,24,25). The van der Waals surface area contributed by atoms with Gasteiger partial charge < -0.3 is 19.5 Å². The number of halogens is 1. The summed E-state index contributed by atoms with van der Waals surface area (Å²) >= 11 is 6.24. The molecule has 1 aliphatic heterocycles. The number of carbonyl (C=O) groups excluding carboxylic acids is 1. The van der Waals surface area contributed by atoms with Gasteiger partial charge in [0.05, 0.1) is 5.02 Å². The topological polar surface area (TPSA) is 56.8 Å². The van der Waals surface area contributed by atoms with Crippen molar-refractivity contribution in [2.45, 2.75) is 6.42 Å². The Labute approximate surface area is 168 Å². The zero-order valence-electron chi connectivity index (χ0n) is 15.2. The highest BCUT2D eigenvalue weighted by Crippen LogP contribution is 2.38. The highest BCUT2D eigenvalue weighted by atomic mass is 35.5. The largest absolute Gasteiger partial charge is 0.486 e. The summed E-state index contributed by atoms with van der Waals surface area (Å²) in [5.74, 6) is 1.74. The van der Waals surface area contributed by atoms with Gasteiger partial charge >= 0.3 is 0 Å². The molecule has 0 unspecified atom stereocenters. The van der Waals surface area contributed by atoms with E-state index in [1.54, 1.807) is 0 Å². The molecule has 1 aliphatic rings. The Balaban J connectivity index is 1.27. The van der Waals surface area contributed by atoms with Crippen molar-refractivity contribution in [3.8, 4) is 17.2 Å². The second-order valence-corrected chi connectivity index (χ2v) is 6.91. The van der Waals surface area contributed by atoms with Crippen molar-refractivity contribution in [2.75, 3.05) is 26.4 Å². The van der Waals surface area contributed by atoms with Crippen molar-refractivity contribution in [3.63, 3.8) is 0 Å². The fourth-order valence-corrected chi connectivity index (χ4v) is 3.40. The number of nitrogens with one attached hydrogen (secondary N) is 1. The molecule has 144 valence electrons. The van der Waals surface area contributed by atoms with Crippen LogP contribution < -0.4 is 19.5 Å². The summed E-state index contributed by atoms with van der Waals surface area (Å²) in [7, 11) is 0. The smallest absolute Gasteiger partial charge is 0.257 e. The van der Waals surface area contributed by atoms with E-state index in [1.807, 2.05) is 54.6 Å². The van der Waals surface area contributed by atoms with Gasteiger partial charge in [0.25, 0.3) is 5.91 Å². The van der Waals surface area contributed by atoms with E-state index in [9.17, 15) is 4.79 Å². The minimum atomic E-state index is -0.170. The highest BCUT2D eigenvalue weighted by Gasteiger charge is 2.16. The van der Waals surface area contributed by atoms with Crippen molar-refractivity contribution < 1.29 is 19.0 Å². The van der Waals surface area contributed by atoms with Crippen LogP contribution in [-0.2, 0) is 11.2 Å². The Morgan fingerprint density at radius 3 is 2.75 bits per heavy atom. The van der Waals surface area contributed by atoms with Gasteiger partial charge in [-0.25, -0.2) is 0 Å². The van der Waals surface area contributed by atoms with Gasteiger partial charge in [0.15, 0.2) is 18.1 Å². The lowest BCUT2D eigenvalue weighted by molar-refractivity contribution is -0.123. The summed E-state index contributed by atoms with van der Waals surface area (Å²) in [5, 5.41) is 5.60. The van der Waals surface area contributed by atoms with Crippen molar-refractivity contribution >= 4 is 28.3 Å². The van der Waals surface area contributed by atoms with Crippen LogP contribution in [0.2, 0.25) is 5.02 Å². The van der Waals surface area contributed by atoms with Crippen LogP contribution >= 0.6 is 11.6 Å². The molecule has 0 aromatic heterocycles. The Morgan fingerprint density at radius 2 is 1.86 bits per heavy atom. The lowest BCUT2D eigenvalue weighted by Gasteiger charge is -2.20. The van der Waals surface area contributed by atoms with Crippen LogP contribution in [0.25, 0.3) is 10.8 Å². The predicted octanol–water partition coefficient (Wildman–Crippen LogP) is 4.00. The fraction of sp³-hybridized carbons (Fsp3) is 0.227. The maximum Gasteiger partial charge on any atom is 0.257 e. The van der Waals surface area contributed by atoms with Crippen LogP contribution in [0.5, 0.6) is 17.2 Å². The van der Waals surface area contributed by atoms with Crippen LogP contribution in [0.15, 0.2) is 54.6 Å². The first-order valence-electron chi connectivity index (χ1n) is 9.15. The van der Waals surface area contributed by atoms with E-state index in [1.165, 1.54) is 0 Å². The van der Waals surface area contributed by atoms with Gasteiger partial charge in [0.1, 0.15) is 19.0 Å². The first-order chi connectivity index (χ1) is 13.7. The van der Waals surface area contributed by atoms with Gasteiger partial charge in [-0.15, -0.1) is 0 Å². The molecule has 0 saturated heterocycles. The Bertz CT molecular complexity index is 1000. The molecule has 1 N–H and O–H groups in total. The van der Waals surface area contributed by atoms with Gasteiger partial charge in [0, 0.05) is 6.54 Å². The normalized spacial score (nSPS) is 12.6. The highest BCUT2D eigenvalue weighted by molar-refractivity contribution is 6.32.